The molecular weight excluding hydrogens is 238 g/mol. The molecule has 1 aromatic rings. The molecule has 2 heterocycles. The molecule has 1 aliphatic heterocycles. The summed E-state index contributed by atoms with van der Waals surface area (Å²) >= 11 is 0. The summed E-state index contributed by atoms with van der Waals surface area (Å²) in [4.78, 5) is 18.0. The standard InChI is InChI=1S/C15H23N3O/c1-15(2,3)12-6-7-13(17-9-12)18-8-4-5-11(10-18)14(16)19/h6-7,9,11H,4-5,8,10H2,1-3H3,(H2,16,19). The lowest BCUT2D eigenvalue weighted by molar-refractivity contribution is -0.122. The van der Waals surface area contributed by atoms with Gasteiger partial charge in [0.05, 0.1) is 5.92 Å². The zero-order valence-electron chi connectivity index (χ0n) is 12.0. The smallest absolute Gasteiger partial charge is 0.222 e. The number of carbonyl (C=O) groups excluding carboxylic acids is 1. The van der Waals surface area contributed by atoms with Crippen LogP contribution < -0.4 is 10.6 Å². The van der Waals surface area contributed by atoms with Gasteiger partial charge in [-0.15, -0.1) is 0 Å². The number of pyridine rings is 1. The van der Waals surface area contributed by atoms with Gasteiger partial charge in [-0.05, 0) is 29.9 Å². The second-order valence-corrected chi connectivity index (χ2v) is 6.34. The van der Waals surface area contributed by atoms with Crippen molar-refractivity contribution >= 4 is 11.7 Å². The van der Waals surface area contributed by atoms with E-state index in [-0.39, 0.29) is 17.2 Å². The van der Waals surface area contributed by atoms with Crippen molar-refractivity contribution in [1.82, 2.24) is 4.98 Å². The number of hydrogen-bond donors (Lipinski definition) is 1. The molecule has 1 aromatic heterocycles. The monoisotopic (exact) mass is 261 g/mol. The van der Waals surface area contributed by atoms with Crippen LogP contribution in [0.3, 0.4) is 0 Å². The van der Waals surface area contributed by atoms with Gasteiger partial charge >= 0.3 is 0 Å². The van der Waals surface area contributed by atoms with Crippen molar-refractivity contribution in [3.63, 3.8) is 0 Å². The van der Waals surface area contributed by atoms with Gasteiger partial charge in [0.15, 0.2) is 0 Å². The van der Waals surface area contributed by atoms with E-state index in [1.54, 1.807) is 0 Å². The molecule has 1 unspecified atom stereocenters. The van der Waals surface area contributed by atoms with Gasteiger partial charge in [0.2, 0.25) is 5.91 Å². The van der Waals surface area contributed by atoms with Crippen molar-refractivity contribution in [1.29, 1.82) is 0 Å². The molecule has 104 valence electrons. The molecule has 0 bridgehead atoms. The van der Waals surface area contributed by atoms with Crippen molar-refractivity contribution in [2.24, 2.45) is 11.7 Å². The molecule has 1 amide bonds. The van der Waals surface area contributed by atoms with Crippen molar-refractivity contribution in [2.45, 2.75) is 39.0 Å². The second kappa shape index (κ2) is 5.19. The van der Waals surface area contributed by atoms with E-state index in [0.717, 1.165) is 25.2 Å². The Labute approximate surface area is 115 Å². The van der Waals surface area contributed by atoms with Gasteiger partial charge < -0.3 is 10.6 Å². The molecule has 1 saturated heterocycles. The number of nitrogens with two attached hydrogens (primary N) is 1. The number of nitrogens with zero attached hydrogens (tertiary/aromatic N) is 2. The first-order chi connectivity index (χ1) is 8.88. The molecule has 0 radical (unpaired) electrons. The van der Waals surface area contributed by atoms with Gasteiger partial charge in [-0.2, -0.15) is 0 Å². The molecule has 0 spiro atoms. The Morgan fingerprint density at radius 1 is 1.42 bits per heavy atom. The summed E-state index contributed by atoms with van der Waals surface area (Å²) in [6.45, 7) is 8.16. The summed E-state index contributed by atoms with van der Waals surface area (Å²) in [5.41, 5.74) is 6.74. The molecular formula is C15H23N3O. The van der Waals surface area contributed by atoms with Gasteiger partial charge in [0, 0.05) is 19.3 Å². The highest BCUT2D eigenvalue weighted by molar-refractivity contribution is 5.77. The number of primary amides is 1. The molecule has 2 rings (SSSR count). The highest BCUT2D eigenvalue weighted by Crippen LogP contribution is 2.25. The van der Waals surface area contributed by atoms with E-state index in [2.05, 4.69) is 36.7 Å². The predicted molar refractivity (Wildman–Crippen MR) is 77.1 cm³/mol. The summed E-state index contributed by atoms with van der Waals surface area (Å²) in [5, 5.41) is 0. The van der Waals surface area contributed by atoms with E-state index >= 15 is 0 Å². The number of amides is 1. The zero-order valence-corrected chi connectivity index (χ0v) is 12.0. The summed E-state index contributed by atoms with van der Waals surface area (Å²) < 4.78 is 0. The van der Waals surface area contributed by atoms with Crippen LogP contribution in [0.4, 0.5) is 5.82 Å². The third-order valence-corrected chi connectivity index (χ3v) is 3.76. The lowest BCUT2D eigenvalue weighted by Crippen LogP contribution is -2.41. The first-order valence-corrected chi connectivity index (χ1v) is 6.89. The Balaban J connectivity index is 2.12. The average molecular weight is 261 g/mol. The maximum absolute atomic E-state index is 11.3. The van der Waals surface area contributed by atoms with E-state index in [9.17, 15) is 4.79 Å². The summed E-state index contributed by atoms with van der Waals surface area (Å²) in [5.74, 6) is 0.702. The van der Waals surface area contributed by atoms with Crippen LogP contribution in [-0.4, -0.2) is 24.0 Å². The Kier molecular flexibility index (Phi) is 3.78. The van der Waals surface area contributed by atoms with Gasteiger partial charge in [0.1, 0.15) is 5.82 Å². The fraction of sp³-hybridized carbons (Fsp3) is 0.600. The second-order valence-electron chi connectivity index (χ2n) is 6.34. The molecule has 2 N–H and O–H groups in total. The van der Waals surface area contributed by atoms with Gasteiger partial charge in [-0.1, -0.05) is 26.8 Å². The molecule has 4 heteroatoms. The predicted octanol–water partition coefficient (Wildman–Crippen LogP) is 2.08. The van der Waals surface area contributed by atoms with E-state index < -0.39 is 0 Å². The first-order valence-electron chi connectivity index (χ1n) is 6.89. The van der Waals surface area contributed by atoms with Crippen molar-refractivity contribution in [2.75, 3.05) is 18.0 Å². The van der Waals surface area contributed by atoms with Crippen LogP contribution in [0, 0.1) is 5.92 Å². The molecule has 1 atom stereocenters. The largest absolute Gasteiger partial charge is 0.369 e. The third kappa shape index (κ3) is 3.25. The van der Waals surface area contributed by atoms with Crippen LogP contribution in [0.1, 0.15) is 39.2 Å². The lowest BCUT2D eigenvalue weighted by atomic mass is 9.88. The molecule has 4 nitrogen and oxygen atoms in total. The summed E-state index contributed by atoms with van der Waals surface area (Å²) in [7, 11) is 0. The highest BCUT2D eigenvalue weighted by Gasteiger charge is 2.25. The SMILES string of the molecule is CC(C)(C)c1ccc(N2CCCC(C(N)=O)C2)nc1. The molecule has 1 aliphatic rings. The molecule has 0 saturated carbocycles. The average Bonchev–Trinajstić information content (AvgIpc) is 2.38. The normalized spacial score (nSPS) is 20.4. The number of anilines is 1. The molecule has 0 aliphatic carbocycles. The van der Waals surface area contributed by atoms with E-state index in [0.29, 0.717) is 6.54 Å². The zero-order chi connectivity index (χ0) is 14.0. The van der Waals surface area contributed by atoms with Crippen molar-refractivity contribution in [3.8, 4) is 0 Å². The van der Waals surface area contributed by atoms with Crippen LogP contribution in [0.25, 0.3) is 0 Å². The van der Waals surface area contributed by atoms with E-state index in [1.807, 2.05) is 12.3 Å². The third-order valence-electron chi connectivity index (χ3n) is 3.76. The molecule has 1 fully saturated rings. The Hall–Kier alpha value is -1.58. The van der Waals surface area contributed by atoms with Crippen LogP contribution >= 0.6 is 0 Å². The topological polar surface area (TPSA) is 59.2 Å². The number of hydrogen-bond acceptors (Lipinski definition) is 3. The Morgan fingerprint density at radius 2 is 2.16 bits per heavy atom. The quantitative estimate of drug-likeness (QED) is 0.886. The van der Waals surface area contributed by atoms with E-state index in [1.165, 1.54) is 5.56 Å². The fourth-order valence-corrected chi connectivity index (χ4v) is 2.43. The van der Waals surface area contributed by atoms with Gasteiger partial charge in [-0.25, -0.2) is 4.98 Å². The van der Waals surface area contributed by atoms with Crippen LogP contribution in [-0.2, 0) is 10.2 Å². The summed E-state index contributed by atoms with van der Waals surface area (Å²) in [6, 6.07) is 4.17. The maximum atomic E-state index is 11.3. The minimum Gasteiger partial charge on any atom is -0.369 e. The van der Waals surface area contributed by atoms with Crippen LogP contribution in [0.15, 0.2) is 18.3 Å². The minimum atomic E-state index is -0.198. The first kappa shape index (κ1) is 13.8. The number of carbonyl (C=O) groups is 1. The minimum absolute atomic E-state index is 0.0437. The van der Waals surface area contributed by atoms with Crippen molar-refractivity contribution < 1.29 is 4.79 Å². The fourth-order valence-electron chi connectivity index (χ4n) is 2.43. The maximum Gasteiger partial charge on any atom is 0.222 e. The lowest BCUT2D eigenvalue weighted by Gasteiger charge is -2.32. The van der Waals surface area contributed by atoms with E-state index in [4.69, 9.17) is 5.73 Å². The van der Waals surface area contributed by atoms with Crippen molar-refractivity contribution in [3.05, 3.63) is 23.9 Å². The van der Waals surface area contributed by atoms with Crippen LogP contribution in [0.2, 0.25) is 0 Å². The summed E-state index contributed by atoms with van der Waals surface area (Å²) in [6.07, 6.45) is 3.82. The number of piperidine rings is 1. The number of rotatable bonds is 2. The van der Waals surface area contributed by atoms with Gasteiger partial charge in [0.25, 0.3) is 0 Å². The highest BCUT2D eigenvalue weighted by atomic mass is 16.1. The number of aromatic nitrogens is 1. The Morgan fingerprint density at radius 3 is 2.68 bits per heavy atom. The molecule has 19 heavy (non-hydrogen) atoms. The van der Waals surface area contributed by atoms with Crippen LogP contribution in [0.5, 0.6) is 0 Å². The Bertz CT molecular complexity index is 447. The van der Waals surface area contributed by atoms with Gasteiger partial charge in [-0.3, -0.25) is 4.79 Å². The molecule has 0 aromatic carbocycles.